The first-order valence-electron chi connectivity index (χ1n) is 20.9. The summed E-state index contributed by atoms with van der Waals surface area (Å²) in [6.07, 6.45) is -0.845. The van der Waals surface area contributed by atoms with Crippen molar-refractivity contribution in [3.05, 3.63) is 108 Å². The Kier molecular flexibility index (Phi) is 16.3. The van der Waals surface area contributed by atoms with E-state index in [1.54, 1.807) is 107 Å². The van der Waals surface area contributed by atoms with Crippen molar-refractivity contribution in [1.82, 2.24) is 15.5 Å². The van der Waals surface area contributed by atoms with Crippen LogP contribution in [-0.4, -0.2) is 104 Å². The summed E-state index contributed by atoms with van der Waals surface area (Å²) < 4.78 is 43.3. The molecule has 1 aliphatic heterocycles. The Balaban J connectivity index is 0.862. The zero-order valence-corrected chi connectivity index (χ0v) is 37.0. The third-order valence-electron chi connectivity index (χ3n) is 10.4. The van der Waals surface area contributed by atoms with Gasteiger partial charge in [-0.2, -0.15) is 5.26 Å². The van der Waals surface area contributed by atoms with Crippen LogP contribution in [0.5, 0.6) is 23.0 Å². The maximum Gasteiger partial charge on any atom is 0.246 e. The van der Waals surface area contributed by atoms with E-state index < -0.39 is 47.4 Å². The van der Waals surface area contributed by atoms with Crippen molar-refractivity contribution in [1.29, 1.82) is 5.26 Å². The summed E-state index contributed by atoms with van der Waals surface area (Å²) in [6.45, 7) is 8.40. The lowest BCUT2D eigenvalue weighted by molar-refractivity contribution is -0.144. The number of carbonyl (C=O) groups is 3. The van der Waals surface area contributed by atoms with Crippen LogP contribution < -0.4 is 20.1 Å². The fourth-order valence-electron chi connectivity index (χ4n) is 7.06. The van der Waals surface area contributed by atoms with E-state index in [1.807, 2.05) is 0 Å². The first-order chi connectivity index (χ1) is 30.7. The molecule has 16 heteroatoms. The zero-order chi connectivity index (χ0) is 45.8. The molecule has 5 aromatic rings. The predicted octanol–water partition coefficient (Wildman–Crippen LogP) is 6.88. The van der Waals surface area contributed by atoms with E-state index in [0.717, 1.165) is 26.1 Å². The molecule has 0 spiro atoms. The molecule has 1 aromatic heterocycles. The smallest absolute Gasteiger partial charge is 0.246 e. The van der Waals surface area contributed by atoms with Crippen molar-refractivity contribution >= 4 is 39.1 Å². The topological polar surface area (TPSA) is 189 Å². The highest BCUT2D eigenvalue weighted by Crippen LogP contribution is 2.47. The van der Waals surface area contributed by atoms with Crippen LogP contribution >= 0.6 is 11.3 Å². The highest BCUT2D eigenvalue weighted by Gasteiger charge is 2.44. The van der Waals surface area contributed by atoms with Gasteiger partial charge in [0.2, 0.25) is 17.7 Å². The molecule has 2 heterocycles. The van der Waals surface area contributed by atoms with E-state index in [0.29, 0.717) is 49.2 Å². The van der Waals surface area contributed by atoms with Gasteiger partial charge >= 0.3 is 0 Å². The molecule has 0 radical (unpaired) electrons. The Bertz CT molecular complexity index is 2400. The molecule has 0 unspecified atom stereocenters. The van der Waals surface area contributed by atoms with Gasteiger partial charge in [-0.3, -0.25) is 14.4 Å². The number of fused-ring (bicyclic) bond motifs is 1. The third kappa shape index (κ3) is 12.8. The van der Waals surface area contributed by atoms with Crippen molar-refractivity contribution in [3.63, 3.8) is 0 Å². The summed E-state index contributed by atoms with van der Waals surface area (Å²) in [5.74, 6) is 0.207. The molecule has 14 nitrogen and oxygen atoms in total. The van der Waals surface area contributed by atoms with Gasteiger partial charge < -0.3 is 49.4 Å². The summed E-state index contributed by atoms with van der Waals surface area (Å²) in [5, 5.41) is 36.1. The number of nitrogens with zero attached hydrogens (tertiary/aromatic N) is 2. The van der Waals surface area contributed by atoms with Crippen molar-refractivity contribution in [2.75, 3.05) is 52.8 Å². The number of hydrogen-bond donors (Lipinski definition) is 4. The van der Waals surface area contributed by atoms with Gasteiger partial charge in [0.05, 0.1) is 61.7 Å². The molecule has 1 fully saturated rings. The number of hydrogen-bond acceptors (Lipinski definition) is 12. The normalized spacial score (nSPS) is 15.9. The van der Waals surface area contributed by atoms with Crippen LogP contribution in [0.2, 0.25) is 0 Å². The molecule has 6 rings (SSSR count). The number of thiophene rings is 1. The van der Waals surface area contributed by atoms with Gasteiger partial charge in [0, 0.05) is 23.1 Å². The summed E-state index contributed by atoms with van der Waals surface area (Å²) in [6, 6.07) is 25.0. The number of aliphatic hydroxyl groups is 1. The number of nitriles is 1. The van der Waals surface area contributed by atoms with Crippen LogP contribution in [0.3, 0.4) is 0 Å². The minimum Gasteiger partial charge on any atom is -0.508 e. The molecule has 3 amide bonds. The van der Waals surface area contributed by atoms with E-state index in [1.165, 1.54) is 28.4 Å². The number of ether oxygens (including phenoxy) is 5. The second-order valence-electron chi connectivity index (χ2n) is 16.4. The first-order valence-corrected chi connectivity index (χ1v) is 21.8. The van der Waals surface area contributed by atoms with Crippen molar-refractivity contribution < 1.29 is 52.7 Å². The van der Waals surface area contributed by atoms with Gasteiger partial charge in [0.1, 0.15) is 48.4 Å². The van der Waals surface area contributed by atoms with Crippen LogP contribution in [0.1, 0.15) is 51.3 Å². The Hall–Kier alpha value is -6.09. The highest BCUT2D eigenvalue weighted by molar-refractivity contribution is 7.22. The van der Waals surface area contributed by atoms with E-state index in [9.17, 15) is 29.0 Å². The van der Waals surface area contributed by atoms with Crippen LogP contribution in [0.4, 0.5) is 4.39 Å². The summed E-state index contributed by atoms with van der Waals surface area (Å²) in [5.41, 5.74) is 1.35. The van der Waals surface area contributed by atoms with E-state index in [4.69, 9.17) is 28.9 Å². The first kappa shape index (κ1) is 47.4. The number of likely N-dealkylation sites (tertiary alicyclic amines) is 1. The lowest BCUT2D eigenvalue weighted by Gasteiger charge is -2.35. The van der Waals surface area contributed by atoms with Crippen LogP contribution in [0.15, 0.2) is 91.0 Å². The second kappa shape index (κ2) is 22.0. The average Bonchev–Trinajstić information content (AvgIpc) is 3.84. The van der Waals surface area contributed by atoms with Crippen LogP contribution in [0.25, 0.3) is 20.5 Å². The maximum atomic E-state index is 13.9. The quantitative estimate of drug-likeness (QED) is 0.0597. The lowest BCUT2D eigenvalue weighted by Crippen LogP contribution is -2.58. The van der Waals surface area contributed by atoms with Gasteiger partial charge in [-0.1, -0.05) is 45.0 Å². The molecule has 4 aromatic carbocycles. The monoisotopic (exact) mass is 896 g/mol. The lowest BCUT2D eigenvalue weighted by atomic mass is 9.85. The van der Waals surface area contributed by atoms with Crippen molar-refractivity contribution in [3.8, 4) is 39.5 Å². The Morgan fingerprint density at radius 3 is 2.17 bits per heavy atom. The maximum absolute atomic E-state index is 13.9. The molecule has 4 N–H and O–H groups in total. The molecule has 1 aliphatic rings. The van der Waals surface area contributed by atoms with Gasteiger partial charge in [-0.05, 0) is 90.2 Å². The van der Waals surface area contributed by atoms with Crippen molar-refractivity contribution in [2.45, 2.75) is 58.3 Å². The number of carbonyl (C=O) groups excluding carboxylic acids is 3. The standard InChI is InChI=1S/C48H53FN4O10S/c1-30(32-7-5-31(27-50)6-8-32)51-46(57)40-25-36(55)28-53(40)47(58)45(48(2,3)4)52-42(56)29-61-22-21-59-19-20-60-23-24-62-37-14-16-38(17-15-37)63-43-39-18-13-35(54)26-41(39)64-44(43)33-9-11-34(49)12-10-33/h5-18,26,30,36,40,45,54-55H,19-25,28-29H2,1-4H3,(H,51,57)(H,52,56)/t30-,36+,40-,45+/m0/s1. The number of β-amino-alcohol motifs (C(OH)–C–C–N with tert-alkyl or cyclic N) is 1. The Morgan fingerprint density at radius 2 is 1.52 bits per heavy atom. The predicted molar refractivity (Wildman–Crippen MR) is 239 cm³/mol. The van der Waals surface area contributed by atoms with E-state index in [-0.39, 0.29) is 44.4 Å². The second-order valence-corrected chi connectivity index (χ2v) is 17.4. The molecule has 4 atom stereocenters. The van der Waals surface area contributed by atoms with Crippen molar-refractivity contribution in [2.24, 2.45) is 5.41 Å². The Labute approximate surface area is 375 Å². The number of nitrogens with one attached hydrogen (secondary N) is 2. The molecule has 64 heavy (non-hydrogen) atoms. The summed E-state index contributed by atoms with van der Waals surface area (Å²) in [7, 11) is 0. The number of aromatic hydroxyl groups is 1. The highest BCUT2D eigenvalue weighted by atomic mass is 32.1. The third-order valence-corrected chi connectivity index (χ3v) is 11.6. The number of rotatable bonds is 20. The fourth-order valence-corrected chi connectivity index (χ4v) is 8.23. The van der Waals surface area contributed by atoms with Crippen LogP contribution in [0, 0.1) is 22.6 Å². The minimum atomic E-state index is -0.996. The number of benzene rings is 4. The van der Waals surface area contributed by atoms with Gasteiger partial charge in [-0.15, -0.1) is 11.3 Å². The fraction of sp³-hybridized carbons (Fsp3) is 0.375. The molecule has 0 bridgehead atoms. The number of halogens is 1. The SMILES string of the molecule is C[C@H](NC(=O)[C@@H]1C[C@@H](O)CN1C(=O)[C@@H](NC(=O)COCCOCCOCCOc1ccc(Oc2c(-c3ccc(F)cc3)sc3cc(O)ccc23)cc1)C(C)(C)C)c1ccc(C#N)cc1. The molecule has 0 saturated carbocycles. The number of amides is 3. The zero-order valence-electron chi connectivity index (χ0n) is 36.2. The molecule has 0 aliphatic carbocycles. The molecular weight excluding hydrogens is 844 g/mol. The van der Waals surface area contributed by atoms with E-state index in [2.05, 4.69) is 16.7 Å². The number of phenols is 1. The average molecular weight is 897 g/mol. The Morgan fingerprint density at radius 1 is 0.875 bits per heavy atom. The summed E-state index contributed by atoms with van der Waals surface area (Å²) >= 11 is 1.45. The summed E-state index contributed by atoms with van der Waals surface area (Å²) in [4.78, 5) is 42.3. The number of aliphatic hydroxyl groups excluding tert-OH is 1. The molecule has 338 valence electrons. The van der Waals surface area contributed by atoms with Crippen LogP contribution in [-0.2, 0) is 28.6 Å². The van der Waals surface area contributed by atoms with Gasteiger partial charge in [0.15, 0.2) is 5.75 Å². The largest absolute Gasteiger partial charge is 0.508 e. The van der Waals surface area contributed by atoms with Gasteiger partial charge in [-0.25, -0.2) is 4.39 Å². The van der Waals surface area contributed by atoms with Gasteiger partial charge in [0.25, 0.3) is 0 Å². The molecular formula is C48H53FN4O10S. The van der Waals surface area contributed by atoms with E-state index >= 15 is 0 Å². The molecule has 1 saturated heterocycles. The number of phenolic OH excluding ortho intramolecular Hbond substituents is 1. The minimum absolute atomic E-state index is 0.0500.